The molecule has 0 aromatic carbocycles. The van der Waals surface area contributed by atoms with Crippen LogP contribution in [0.3, 0.4) is 0 Å². The van der Waals surface area contributed by atoms with Crippen molar-refractivity contribution >= 4 is 11.6 Å². The van der Waals surface area contributed by atoms with Crippen LogP contribution < -0.4 is 0 Å². The number of hydrogen-bond acceptors (Lipinski definition) is 2. The van der Waals surface area contributed by atoms with E-state index in [9.17, 15) is 9.59 Å². The summed E-state index contributed by atoms with van der Waals surface area (Å²) < 4.78 is 1.93. The molecule has 1 aliphatic rings. The van der Waals surface area contributed by atoms with Crippen LogP contribution in [0.5, 0.6) is 0 Å². The monoisotopic (exact) mass is 219 g/mol. The van der Waals surface area contributed by atoms with Crippen molar-refractivity contribution < 1.29 is 9.59 Å². The molecule has 16 heavy (non-hydrogen) atoms. The van der Waals surface area contributed by atoms with E-state index < -0.39 is 0 Å². The summed E-state index contributed by atoms with van der Waals surface area (Å²) in [7, 11) is 1.91. The van der Waals surface area contributed by atoms with Crippen molar-refractivity contribution in [2.24, 2.45) is 13.0 Å². The van der Waals surface area contributed by atoms with Gasteiger partial charge in [-0.2, -0.15) is 0 Å². The maximum atomic E-state index is 12.1. The summed E-state index contributed by atoms with van der Waals surface area (Å²) >= 11 is 0. The molecule has 1 aromatic rings. The molecular formula is C13H17NO2. The molecular weight excluding hydrogens is 202 g/mol. The van der Waals surface area contributed by atoms with E-state index in [0.29, 0.717) is 23.5 Å². The smallest absolute Gasteiger partial charge is 0.165 e. The van der Waals surface area contributed by atoms with E-state index in [0.717, 1.165) is 18.5 Å². The van der Waals surface area contributed by atoms with Crippen LogP contribution in [0.4, 0.5) is 0 Å². The minimum Gasteiger partial charge on any atom is -0.353 e. The summed E-state index contributed by atoms with van der Waals surface area (Å²) in [6.45, 7) is 3.62. The summed E-state index contributed by atoms with van der Waals surface area (Å²) in [6, 6.07) is 0. The number of rotatable bonds is 1. The van der Waals surface area contributed by atoms with Crippen LogP contribution in [-0.2, 0) is 13.5 Å². The zero-order chi connectivity index (χ0) is 11.9. The topological polar surface area (TPSA) is 39.1 Å². The number of nitrogens with zero attached hydrogens (tertiary/aromatic N) is 1. The first-order valence-corrected chi connectivity index (χ1v) is 5.73. The van der Waals surface area contributed by atoms with Gasteiger partial charge >= 0.3 is 0 Å². The van der Waals surface area contributed by atoms with Gasteiger partial charge < -0.3 is 4.57 Å². The number of aryl methyl sites for hydroxylation is 1. The van der Waals surface area contributed by atoms with Crippen LogP contribution in [0.1, 0.15) is 53.1 Å². The maximum Gasteiger partial charge on any atom is 0.165 e. The molecule has 1 aromatic heterocycles. The van der Waals surface area contributed by atoms with Gasteiger partial charge in [0, 0.05) is 36.5 Å². The predicted octanol–water partition coefficient (Wildman–Crippen LogP) is 2.38. The molecule has 0 fully saturated rings. The third-order valence-electron chi connectivity index (χ3n) is 3.37. The summed E-state index contributed by atoms with van der Waals surface area (Å²) in [6.07, 6.45) is 4.28. The van der Waals surface area contributed by atoms with E-state index in [-0.39, 0.29) is 11.6 Å². The summed E-state index contributed by atoms with van der Waals surface area (Å²) in [5, 5.41) is 0. The lowest BCUT2D eigenvalue weighted by molar-refractivity contribution is 0.0951. The van der Waals surface area contributed by atoms with Gasteiger partial charge in [-0.15, -0.1) is 0 Å². The van der Waals surface area contributed by atoms with Crippen molar-refractivity contribution in [2.45, 2.75) is 33.1 Å². The Morgan fingerprint density at radius 1 is 1.50 bits per heavy atom. The third-order valence-corrected chi connectivity index (χ3v) is 3.37. The van der Waals surface area contributed by atoms with Crippen LogP contribution in [0.25, 0.3) is 0 Å². The van der Waals surface area contributed by atoms with E-state index in [1.165, 1.54) is 6.92 Å². The molecule has 3 heteroatoms. The molecule has 1 unspecified atom stereocenters. The predicted molar refractivity (Wildman–Crippen MR) is 61.9 cm³/mol. The molecule has 1 aliphatic carbocycles. The fourth-order valence-electron chi connectivity index (χ4n) is 2.45. The van der Waals surface area contributed by atoms with E-state index in [1.807, 2.05) is 11.6 Å². The summed E-state index contributed by atoms with van der Waals surface area (Å²) in [5.74, 6) is 0.533. The maximum absolute atomic E-state index is 12.1. The van der Waals surface area contributed by atoms with Crippen molar-refractivity contribution in [3.63, 3.8) is 0 Å². The molecule has 0 saturated heterocycles. The van der Waals surface area contributed by atoms with Crippen LogP contribution >= 0.6 is 0 Å². The highest BCUT2D eigenvalue weighted by Gasteiger charge is 2.27. The number of carbonyl (C=O) groups is 2. The fraction of sp³-hybridized carbons (Fsp3) is 0.538. The van der Waals surface area contributed by atoms with Crippen molar-refractivity contribution in [3.8, 4) is 0 Å². The van der Waals surface area contributed by atoms with E-state index in [1.54, 1.807) is 6.20 Å². The molecule has 0 saturated carbocycles. The van der Waals surface area contributed by atoms with Crippen LogP contribution in [0.15, 0.2) is 6.20 Å². The van der Waals surface area contributed by atoms with Crippen molar-refractivity contribution in [1.29, 1.82) is 0 Å². The Balaban J connectivity index is 2.57. The van der Waals surface area contributed by atoms with Gasteiger partial charge in [0.1, 0.15) is 0 Å². The van der Waals surface area contributed by atoms with Crippen LogP contribution in [-0.4, -0.2) is 16.1 Å². The molecule has 0 spiro atoms. The van der Waals surface area contributed by atoms with E-state index in [2.05, 4.69) is 6.92 Å². The quantitative estimate of drug-likeness (QED) is 0.537. The number of carbonyl (C=O) groups excluding carboxylic acids is 2. The molecule has 1 atom stereocenters. The average molecular weight is 219 g/mol. The van der Waals surface area contributed by atoms with Gasteiger partial charge in [0.05, 0.1) is 0 Å². The highest BCUT2D eigenvalue weighted by molar-refractivity contribution is 6.09. The minimum atomic E-state index is -0.0141. The SMILES string of the molecule is CC(=O)c1cn(C)c2c1C(=O)CC(C)CC2. The van der Waals surface area contributed by atoms with Gasteiger partial charge in [0.15, 0.2) is 11.6 Å². The second-order valence-electron chi connectivity index (χ2n) is 4.80. The highest BCUT2D eigenvalue weighted by Crippen LogP contribution is 2.28. The molecule has 0 radical (unpaired) electrons. The summed E-state index contributed by atoms with van der Waals surface area (Å²) in [4.78, 5) is 23.6. The zero-order valence-electron chi connectivity index (χ0n) is 10.0. The lowest BCUT2D eigenvalue weighted by Gasteiger charge is -2.04. The number of aromatic nitrogens is 1. The molecule has 3 nitrogen and oxygen atoms in total. The minimum absolute atomic E-state index is 0.0141. The Labute approximate surface area is 95.5 Å². The van der Waals surface area contributed by atoms with Crippen LogP contribution in [0, 0.1) is 5.92 Å². The number of ketones is 2. The largest absolute Gasteiger partial charge is 0.353 e. The lowest BCUT2D eigenvalue weighted by atomic mass is 9.99. The molecule has 1 heterocycles. The number of fused-ring (bicyclic) bond motifs is 1. The Morgan fingerprint density at radius 2 is 2.19 bits per heavy atom. The van der Waals surface area contributed by atoms with Crippen molar-refractivity contribution in [2.75, 3.05) is 0 Å². The first-order chi connectivity index (χ1) is 7.50. The van der Waals surface area contributed by atoms with Gasteiger partial charge in [0.25, 0.3) is 0 Å². The van der Waals surface area contributed by atoms with E-state index >= 15 is 0 Å². The Kier molecular flexibility index (Phi) is 2.70. The second kappa shape index (κ2) is 3.89. The fourth-order valence-corrected chi connectivity index (χ4v) is 2.45. The Hall–Kier alpha value is -1.38. The van der Waals surface area contributed by atoms with Gasteiger partial charge in [0.2, 0.25) is 0 Å². The van der Waals surface area contributed by atoms with Gasteiger partial charge in [-0.3, -0.25) is 9.59 Å². The Bertz CT molecular complexity index is 457. The zero-order valence-corrected chi connectivity index (χ0v) is 10.0. The molecule has 0 bridgehead atoms. The standard InChI is InChI=1S/C13H17NO2/c1-8-4-5-11-13(12(16)6-8)10(9(2)15)7-14(11)3/h7-8H,4-6H2,1-3H3. The van der Waals surface area contributed by atoms with Gasteiger partial charge in [-0.05, 0) is 25.7 Å². The lowest BCUT2D eigenvalue weighted by Crippen LogP contribution is -2.07. The normalized spacial score (nSPS) is 20.4. The van der Waals surface area contributed by atoms with Crippen molar-refractivity contribution in [3.05, 3.63) is 23.0 Å². The van der Waals surface area contributed by atoms with E-state index in [4.69, 9.17) is 0 Å². The molecule has 2 rings (SSSR count). The molecule has 0 aliphatic heterocycles. The molecule has 0 amide bonds. The first kappa shape index (κ1) is 11.1. The second-order valence-corrected chi connectivity index (χ2v) is 4.80. The molecule has 0 N–H and O–H groups in total. The van der Waals surface area contributed by atoms with Gasteiger partial charge in [-0.25, -0.2) is 0 Å². The molecule has 86 valence electrons. The number of Topliss-reactive ketones (excluding diaryl/α,β-unsaturated/α-hetero) is 2. The first-order valence-electron chi connectivity index (χ1n) is 5.73. The average Bonchev–Trinajstić information content (AvgIpc) is 2.44. The van der Waals surface area contributed by atoms with Gasteiger partial charge in [-0.1, -0.05) is 6.92 Å². The van der Waals surface area contributed by atoms with Crippen molar-refractivity contribution in [1.82, 2.24) is 4.57 Å². The Morgan fingerprint density at radius 3 is 2.81 bits per heavy atom. The number of hydrogen-bond donors (Lipinski definition) is 0. The third kappa shape index (κ3) is 1.70. The summed E-state index contributed by atoms with van der Waals surface area (Å²) in [5.41, 5.74) is 2.30. The van der Waals surface area contributed by atoms with Crippen LogP contribution in [0.2, 0.25) is 0 Å². The highest BCUT2D eigenvalue weighted by atomic mass is 16.1.